The summed E-state index contributed by atoms with van der Waals surface area (Å²) in [7, 11) is 0. The minimum absolute atomic E-state index is 0.102. The van der Waals surface area contributed by atoms with Crippen LogP contribution in [-0.2, 0) is 0 Å². The first-order valence-corrected chi connectivity index (χ1v) is 9.44. The first-order chi connectivity index (χ1) is 14.2. The van der Waals surface area contributed by atoms with Gasteiger partial charge in [-0.25, -0.2) is 4.68 Å². The molecule has 1 aliphatic heterocycles. The largest absolute Gasteiger partial charge is 0.452 e. The normalized spacial score (nSPS) is 14.1. The highest BCUT2D eigenvalue weighted by molar-refractivity contribution is 6.14. The summed E-state index contributed by atoms with van der Waals surface area (Å²) in [5.74, 6) is 0.814. The van der Waals surface area contributed by atoms with Gasteiger partial charge < -0.3 is 4.74 Å². The Balaban J connectivity index is 1.62. The van der Waals surface area contributed by atoms with Crippen molar-refractivity contribution < 1.29 is 9.53 Å². The van der Waals surface area contributed by atoms with Crippen molar-refractivity contribution in [1.29, 1.82) is 0 Å². The molecule has 0 amide bonds. The average molecular weight is 378 g/mol. The molecule has 2 heterocycles. The van der Waals surface area contributed by atoms with Crippen molar-refractivity contribution in [2.45, 2.75) is 6.92 Å². The van der Waals surface area contributed by atoms with E-state index in [4.69, 9.17) is 9.84 Å². The molecule has 0 aliphatic carbocycles. The summed E-state index contributed by atoms with van der Waals surface area (Å²) in [6.45, 7) is 1.96. The van der Waals surface area contributed by atoms with E-state index in [1.165, 1.54) is 0 Å². The van der Waals surface area contributed by atoms with Crippen molar-refractivity contribution >= 4 is 11.9 Å². The Bertz CT molecular complexity index is 1240. The van der Waals surface area contributed by atoms with Crippen molar-refractivity contribution in [3.63, 3.8) is 0 Å². The monoisotopic (exact) mass is 378 g/mol. The van der Waals surface area contributed by atoms with Crippen LogP contribution in [0.25, 0.3) is 23.0 Å². The van der Waals surface area contributed by atoms with Crippen LogP contribution in [0.2, 0.25) is 0 Å². The number of hydrogen-bond donors (Lipinski definition) is 0. The number of allylic oxidation sites excluding steroid dienone is 1. The van der Waals surface area contributed by atoms with E-state index in [0.29, 0.717) is 17.1 Å². The van der Waals surface area contributed by atoms with E-state index in [9.17, 15) is 4.79 Å². The molecule has 0 saturated carbocycles. The van der Waals surface area contributed by atoms with Gasteiger partial charge in [-0.05, 0) is 37.3 Å². The van der Waals surface area contributed by atoms with Crippen LogP contribution in [0.15, 0.2) is 90.8 Å². The van der Waals surface area contributed by atoms with E-state index in [2.05, 4.69) is 0 Å². The van der Waals surface area contributed by atoms with Crippen molar-refractivity contribution in [2.75, 3.05) is 0 Å². The fourth-order valence-corrected chi connectivity index (χ4v) is 3.47. The van der Waals surface area contributed by atoms with Gasteiger partial charge in [0.05, 0.1) is 11.3 Å². The van der Waals surface area contributed by atoms with Gasteiger partial charge in [0.1, 0.15) is 11.4 Å². The van der Waals surface area contributed by atoms with Crippen molar-refractivity contribution in [2.24, 2.45) is 0 Å². The molecule has 3 aromatic carbocycles. The molecule has 0 spiro atoms. The number of ketones is 1. The van der Waals surface area contributed by atoms with Gasteiger partial charge in [-0.15, -0.1) is 0 Å². The Morgan fingerprint density at radius 1 is 0.931 bits per heavy atom. The van der Waals surface area contributed by atoms with Crippen LogP contribution in [0.3, 0.4) is 0 Å². The third-order valence-electron chi connectivity index (χ3n) is 4.92. The minimum Gasteiger partial charge on any atom is -0.452 e. The number of benzene rings is 3. The van der Waals surface area contributed by atoms with Crippen LogP contribution < -0.4 is 4.74 Å². The lowest BCUT2D eigenvalue weighted by Gasteiger charge is -2.00. The number of carbonyl (C=O) groups excluding carboxylic acids is 1. The number of nitrogens with zero attached hydrogens (tertiary/aromatic N) is 2. The van der Waals surface area contributed by atoms with Crippen LogP contribution in [-0.4, -0.2) is 15.6 Å². The highest BCUT2D eigenvalue weighted by atomic mass is 16.5. The number of Topliss-reactive ketones (excluding diaryl/α,β-unsaturated/α-hetero) is 1. The number of rotatable bonds is 3. The molecule has 29 heavy (non-hydrogen) atoms. The zero-order valence-electron chi connectivity index (χ0n) is 15.9. The second-order valence-corrected chi connectivity index (χ2v) is 7.02. The predicted octanol–water partition coefficient (Wildman–Crippen LogP) is 5.46. The molecule has 5 rings (SSSR count). The number of carbonyl (C=O) groups is 1. The van der Waals surface area contributed by atoms with E-state index < -0.39 is 0 Å². The van der Waals surface area contributed by atoms with Crippen molar-refractivity contribution in [1.82, 2.24) is 9.78 Å². The van der Waals surface area contributed by atoms with Gasteiger partial charge in [-0.2, -0.15) is 5.10 Å². The number of fused-ring (bicyclic) bond motifs is 1. The molecule has 0 saturated heterocycles. The zero-order valence-corrected chi connectivity index (χ0v) is 15.9. The van der Waals surface area contributed by atoms with Crippen LogP contribution in [0.4, 0.5) is 0 Å². The standard InChI is InChI=1S/C25H18N2O2/c1-17-12-13-22-21(14-17)25(28)23(29-22)15-19-16-27(20-10-6-3-7-11-20)26-24(19)18-8-4-2-5-9-18/h2-16H,1H3/b23-15-. The summed E-state index contributed by atoms with van der Waals surface area (Å²) < 4.78 is 7.68. The van der Waals surface area contributed by atoms with Crippen molar-refractivity contribution in [3.8, 4) is 22.7 Å². The molecule has 4 nitrogen and oxygen atoms in total. The molecule has 0 radical (unpaired) electrons. The maximum absolute atomic E-state index is 12.9. The lowest BCUT2D eigenvalue weighted by atomic mass is 10.1. The van der Waals surface area contributed by atoms with E-state index >= 15 is 0 Å². The molecule has 1 aliphatic rings. The molecule has 0 bridgehead atoms. The lowest BCUT2D eigenvalue weighted by molar-refractivity contribution is 0.101. The van der Waals surface area contributed by atoms with Crippen LogP contribution in [0, 0.1) is 6.92 Å². The third-order valence-corrected chi connectivity index (χ3v) is 4.92. The fraction of sp³-hybridized carbons (Fsp3) is 0.0400. The predicted molar refractivity (Wildman–Crippen MR) is 113 cm³/mol. The molecule has 0 fully saturated rings. The SMILES string of the molecule is Cc1ccc2c(c1)C(=O)/C(=C/c1cn(-c3ccccc3)nc1-c1ccccc1)O2. The van der Waals surface area contributed by atoms with Crippen LogP contribution in [0.5, 0.6) is 5.75 Å². The number of hydrogen-bond acceptors (Lipinski definition) is 3. The van der Waals surface area contributed by atoms with E-state index in [-0.39, 0.29) is 5.78 Å². The quantitative estimate of drug-likeness (QED) is 0.444. The van der Waals surface area contributed by atoms with E-state index in [0.717, 1.165) is 28.1 Å². The Kier molecular flexibility index (Phi) is 4.10. The number of para-hydroxylation sites is 1. The van der Waals surface area contributed by atoms with Gasteiger partial charge in [0, 0.05) is 17.3 Å². The molecular weight excluding hydrogens is 360 g/mol. The molecule has 4 heteroatoms. The maximum atomic E-state index is 12.9. The number of ether oxygens (including phenoxy) is 1. The average Bonchev–Trinajstić information content (AvgIpc) is 3.31. The minimum atomic E-state index is -0.102. The topological polar surface area (TPSA) is 44.1 Å². The van der Waals surface area contributed by atoms with Crippen molar-refractivity contribution in [3.05, 3.63) is 108 Å². The molecule has 0 unspecified atom stereocenters. The Hall–Kier alpha value is -3.92. The number of aryl methyl sites for hydroxylation is 1. The summed E-state index contributed by atoms with van der Waals surface area (Å²) in [4.78, 5) is 12.9. The van der Waals surface area contributed by atoms with Gasteiger partial charge in [-0.3, -0.25) is 4.79 Å². The lowest BCUT2D eigenvalue weighted by Crippen LogP contribution is -1.98. The summed E-state index contributed by atoms with van der Waals surface area (Å²) in [6.07, 6.45) is 3.71. The Morgan fingerprint density at radius 2 is 1.66 bits per heavy atom. The smallest absolute Gasteiger partial charge is 0.231 e. The second-order valence-electron chi connectivity index (χ2n) is 7.02. The van der Waals surface area contributed by atoms with Gasteiger partial charge in [-0.1, -0.05) is 60.2 Å². The molecule has 0 atom stereocenters. The molecule has 4 aromatic rings. The van der Waals surface area contributed by atoms with Crippen LogP contribution >= 0.6 is 0 Å². The maximum Gasteiger partial charge on any atom is 0.231 e. The van der Waals surface area contributed by atoms with E-state index in [1.807, 2.05) is 96.7 Å². The highest BCUT2D eigenvalue weighted by Gasteiger charge is 2.28. The second kappa shape index (κ2) is 6.91. The molecular formula is C25H18N2O2. The Morgan fingerprint density at radius 3 is 2.41 bits per heavy atom. The van der Waals surface area contributed by atoms with Gasteiger partial charge >= 0.3 is 0 Å². The summed E-state index contributed by atoms with van der Waals surface area (Å²) >= 11 is 0. The number of aromatic nitrogens is 2. The highest BCUT2D eigenvalue weighted by Crippen LogP contribution is 2.34. The first kappa shape index (κ1) is 17.2. The molecule has 1 aromatic heterocycles. The van der Waals surface area contributed by atoms with Crippen LogP contribution in [0.1, 0.15) is 21.5 Å². The summed E-state index contributed by atoms with van der Waals surface area (Å²) in [6, 6.07) is 25.5. The fourth-order valence-electron chi connectivity index (χ4n) is 3.47. The van der Waals surface area contributed by atoms with E-state index in [1.54, 1.807) is 6.08 Å². The van der Waals surface area contributed by atoms with Gasteiger partial charge in [0.15, 0.2) is 5.76 Å². The first-order valence-electron chi connectivity index (χ1n) is 9.44. The molecule has 140 valence electrons. The Labute approximate surface area is 168 Å². The molecule has 0 N–H and O–H groups in total. The zero-order chi connectivity index (χ0) is 19.8. The third kappa shape index (κ3) is 3.15. The van der Waals surface area contributed by atoms with Gasteiger partial charge in [0.25, 0.3) is 0 Å². The van der Waals surface area contributed by atoms with Gasteiger partial charge in [0.2, 0.25) is 5.78 Å². The summed E-state index contributed by atoms with van der Waals surface area (Å²) in [5, 5.41) is 4.79. The summed E-state index contributed by atoms with van der Waals surface area (Å²) in [5.41, 5.74) is 5.19.